The minimum absolute atomic E-state index is 0.0229. The van der Waals surface area contributed by atoms with E-state index in [1.54, 1.807) is 17.0 Å². The van der Waals surface area contributed by atoms with E-state index in [1.165, 1.54) is 0 Å². The molecule has 0 bridgehead atoms. The summed E-state index contributed by atoms with van der Waals surface area (Å²) in [6.45, 7) is 0.950. The average Bonchev–Trinajstić information content (AvgIpc) is 2.46. The molecule has 1 amide bonds. The molecule has 0 aliphatic carbocycles. The number of nitrogen functional groups attached to an aromatic ring is 1. The maximum Gasteiger partial charge on any atom is 0.255 e. The number of rotatable bonds is 1. The van der Waals surface area contributed by atoms with Crippen LogP contribution in [0.1, 0.15) is 15.9 Å². The molecule has 1 aromatic carbocycles. The first kappa shape index (κ1) is 8.64. The Hall–Kier alpha value is -1.95. The zero-order chi connectivity index (χ0) is 10.1. The number of hydrogen-bond acceptors (Lipinski definition) is 2. The van der Waals surface area contributed by atoms with Crippen LogP contribution in [-0.4, -0.2) is 17.4 Å². The van der Waals surface area contributed by atoms with E-state index >= 15 is 0 Å². The van der Waals surface area contributed by atoms with Crippen LogP contribution in [0, 0.1) is 12.3 Å². The number of benzene rings is 1. The maximum atomic E-state index is 11.7. The lowest BCUT2D eigenvalue weighted by molar-refractivity contribution is 0.0799. The number of fused-ring (bicyclic) bond motifs is 1. The molecule has 3 heteroatoms. The van der Waals surface area contributed by atoms with Gasteiger partial charge in [0.05, 0.1) is 6.54 Å². The predicted octanol–water partition coefficient (Wildman–Crippen LogP) is 0.858. The summed E-state index contributed by atoms with van der Waals surface area (Å²) < 4.78 is 0. The van der Waals surface area contributed by atoms with Crippen LogP contribution in [0.25, 0.3) is 0 Å². The standard InChI is InChI=1S/C11H10N2O/c1-2-5-13-7-8-3-4-9(12)6-10(8)11(13)14/h1,3-4,6H,5,7,12H2. The number of nitrogens with two attached hydrogens (primary N) is 1. The van der Waals surface area contributed by atoms with Crippen LogP contribution >= 0.6 is 0 Å². The van der Waals surface area contributed by atoms with Crippen molar-refractivity contribution in [2.75, 3.05) is 12.3 Å². The molecule has 3 nitrogen and oxygen atoms in total. The molecule has 0 aromatic heterocycles. The molecule has 70 valence electrons. The highest BCUT2D eigenvalue weighted by Crippen LogP contribution is 2.24. The molecule has 2 rings (SSSR count). The van der Waals surface area contributed by atoms with E-state index in [0.29, 0.717) is 24.3 Å². The molecular formula is C11H10N2O. The molecule has 0 unspecified atom stereocenters. The Morgan fingerprint density at radius 3 is 3.07 bits per heavy atom. The van der Waals surface area contributed by atoms with Gasteiger partial charge in [0.2, 0.25) is 0 Å². The second kappa shape index (κ2) is 3.08. The summed E-state index contributed by atoms with van der Waals surface area (Å²) in [5.41, 5.74) is 7.89. The summed E-state index contributed by atoms with van der Waals surface area (Å²) >= 11 is 0. The molecule has 1 heterocycles. The zero-order valence-electron chi connectivity index (χ0n) is 7.66. The minimum Gasteiger partial charge on any atom is -0.399 e. The molecular weight excluding hydrogens is 176 g/mol. The van der Waals surface area contributed by atoms with Gasteiger partial charge in [-0.3, -0.25) is 4.79 Å². The lowest BCUT2D eigenvalue weighted by Crippen LogP contribution is -2.23. The molecule has 0 atom stereocenters. The average molecular weight is 186 g/mol. The van der Waals surface area contributed by atoms with Crippen molar-refractivity contribution in [3.8, 4) is 12.3 Å². The molecule has 1 aliphatic heterocycles. The molecule has 0 radical (unpaired) electrons. The van der Waals surface area contributed by atoms with Gasteiger partial charge >= 0.3 is 0 Å². The Morgan fingerprint density at radius 1 is 1.57 bits per heavy atom. The van der Waals surface area contributed by atoms with Gasteiger partial charge in [-0.25, -0.2) is 0 Å². The maximum absolute atomic E-state index is 11.7. The largest absolute Gasteiger partial charge is 0.399 e. The van der Waals surface area contributed by atoms with Crippen LogP contribution in [0.15, 0.2) is 18.2 Å². The number of nitrogens with zero attached hydrogens (tertiary/aromatic N) is 1. The van der Waals surface area contributed by atoms with E-state index in [2.05, 4.69) is 5.92 Å². The first-order valence-electron chi connectivity index (χ1n) is 4.33. The predicted molar refractivity (Wildman–Crippen MR) is 54.4 cm³/mol. The number of anilines is 1. The van der Waals surface area contributed by atoms with Crippen molar-refractivity contribution in [1.82, 2.24) is 4.90 Å². The van der Waals surface area contributed by atoms with Gasteiger partial charge in [-0.05, 0) is 17.7 Å². The molecule has 0 fully saturated rings. The third-order valence-corrected chi connectivity index (χ3v) is 2.29. The van der Waals surface area contributed by atoms with E-state index in [1.807, 2.05) is 6.07 Å². The van der Waals surface area contributed by atoms with Crippen molar-refractivity contribution >= 4 is 11.6 Å². The number of carbonyl (C=O) groups excluding carboxylic acids is 1. The van der Waals surface area contributed by atoms with Gasteiger partial charge in [0.1, 0.15) is 0 Å². The van der Waals surface area contributed by atoms with Crippen LogP contribution in [0.2, 0.25) is 0 Å². The summed E-state index contributed by atoms with van der Waals surface area (Å²) in [7, 11) is 0. The second-order valence-corrected chi connectivity index (χ2v) is 3.28. The fourth-order valence-electron chi connectivity index (χ4n) is 1.62. The van der Waals surface area contributed by atoms with Crippen LogP contribution in [0.3, 0.4) is 0 Å². The van der Waals surface area contributed by atoms with Gasteiger partial charge in [-0.15, -0.1) is 6.42 Å². The third-order valence-electron chi connectivity index (χ3n) is 2.29. The Kier molecular flexibility index (Phi) is 1.90. The van der Waals surface area contributed by atoms with Crippen LogP contribution < -0.4 is 5.73 Å². The van der Waals surface area contributed by atoms with Crippen LogP contribution in [-0.2, 0) is 6.54 Å². The molecule has 0 saturated carbocycles. The number of carbonyl (C=O) groups is 1. The fraction of sp³-hybridized carbons (Fsp3) is 0.182. The lowest BCUT2D eigenvalue weighted by atomic mass is 10.1. The highest BCUT2D eigenvalue weighted by atomic mass is 16.2. The van der Waals surface area contributed by atoms with Crippen molar-refractivity contribution in [3.63, 3.8) is 0 Å². The van der Waals surface area contributed by atoms with Gasteiger partial charge in [0, 0.05) is 17.8 Å². The SMILES string of the molecule is C#CCN1Cc2ccc(N)cc2C1=O. The van der Waals surface area contributed by atoms with E-state index in [-0.39, 0.29) is 5.91 Å². The second-order valence-electron chi connectivity index (χ2n) is 3.28. The van der Waals surface area contributed by atoms with E-state index in [0.717, 1.165) is 5.56 Å². The topological polar surface area (TPSA) is 46.3 Å². The van der Waals surface area contributed by atoms with E-state index < -0.39 is 0 Å². The molecule has 2 N–H and O–H groups in total. The summed E-state index contributed by atoms with van der Waals surface area (Å²) in [6.07, 6.45) is 5.17. The molecule has 1 aromatic rings. The van der Waals surface area contributed by atoms with Crippen molar-refractivity contribution in [2.45, 2.75) is 6.54 Å². The zero-order valence-corrected chi connectivity index (χ0v) is 7.66. The van der Waals surface area contributed by atoms with Gasteiger partial charge < -0.3 is 10.6 Å². The van der Waals surface area contributed by atoms with Crippen molar-refractivity contribution in [3.05, 3.63) is 29.3 Å². The molecule has 14 heavy (non-hydrogen) atoms. The van der Waals surface area contributed by atoms with Gasteiger partial charge in [0.25, 0.3) is 5.91 Å². The van der Waals surface area contributed by atoms with Crippen molar-refractivity contribution in [2.24, 2.45) is 0 Å². The number of amides is 1. The van der Waals surface area contributed by atoms with Gasteiger partial charge in [-0.1, -0.05) is 12.0 Å². The Balaban J connectivity index is 2.37. The molecule has 1 aliphatic rings. The first-order chi connectivity index (χ1) is 6.72. The normalized spacial score (nSPS) is 13.9. The van der Waals surface area contributed by atoms with E-state index in [9.17, 15) is 4.79 Å². The molecule has 0 spiro atoms. The van der Waals surface area contributed by atoms with E-state index in [4.69, 9.17) is 12.2 Å². The van der Waals surface area contributed by atoms with Crippen LogP contribution in [0.5, 0.6) is 0 Å². The Labute approximate surface area is 82.5 Å². The fourth-order valence-corrected chi connectivity index (χ4v) is 1.62. The van der Waals surface area contributed by atoms with Crippen molar-refractivity contribution < 1.29 is 4.79 Å². The Morgan fingerprint density at radius 2 is 2.36 bits per heavy atom. The van der Waals surface area contributed by atoms with Gasteiger partial charge in [-0.2, -0.15) is 0 Å². The highest BCUT2D eigenvalue weighted by Gasteiger charge is 2.26. The monoisotopic (exact) mass is 186 g/mol. The third kappa shape index (κ3) is 1.21. The minimum atomic E-state index is -0.0229. The Bertz CT molecular complexity index is 431. The smallest absolute Gasteiger partial charge is 0.255 e. The quantitative estimate of drug-likeness (QED) is 0.522. The first-order valence-corrected chi connectivity index (χ1v) is 4.33. The van der Waals surface area contributed by atoms with Gasteiger partial charge in [0.15, 0.2) is 0 Å². The highest BCUT2D eigenvalue weighted by molar-refractivity contribution is 5.99. The summed E-state index contributed by atoms with van der Waals surface area (Å²) in [5, 5.41) is 0. The summed E-state index contributed by atoms with van der Waals surface area (Å²) in [5.74, 6) is 2.44. The number of terminal acetylenes is 1. The molecule has 0 saturated heterocycles. The number of hydrogen-bond donors (Lipinski definition) is 1. The lowest BCUT2D eigenvalue weighted by Gasteiger charge is -2.10. The summed E-state index contributed by atoms with van der Waals surface area (Å²) in [4.78, 5) is 13.3. The van der Waals surface area contributed by atoms with Crippen molar-refractivity contribution in [1.29, 1.82) is 0 Å². The summed E-state index contributed by atoms with van der Waals surface area (Å²) in [6, 6.07) is 5.37. The van der Waals surface area contributed by atoms with Crippen LogP contribution in [0.4, 0.5) is 5.69 Å².